The van der Waals surface area contributed by atoms with E-state index in [0.717, 1.165) is 12.8 Å². The molecule has 30 heavy (non-hydrogen) atoms. The fourth-order valence-corrected chi connectivity index (χ4v) is 3.64. The number of rotatable bonds is 12. The predicted molar refractivity (Wildman–Crippen MR) is 117 cm³/mol. The molecule has 0 fully saturated rings. The summed E-state index contributed by atoms with van der Waals surface area (Å²) in [4.78, 5) is 33.2. The van der Waals surface area contributed by atoms with E-state index in [0.29, 0.717) is 23.3 Å². The summed E-state index contributed by atoms with van der Waals surface area (Å²) in [7, 11) is 0. The predicted octanol–water partition coefficient (Wildman–Crippen LogP) is 0.318. The van der Waals surface area contributed by atoms with Gasteiger partial charge in [0.15, 0.2) is 15.9 Å². The molecule has 2 aromatic heterocycles. The second kappa shape index (κ2) is 10.8. The van der Waals surface area contributed by atoms with Crippen LogP contribution in [-0.2, 0) is 22.6 Å². The van der Waals surface area contributed by atoms with Crippen LogP contribution in [0.25, 0.3) is 11.2 Å². The van der Waals surface area contributed by atoms with Crippen molar-refractivity contribution in [3.8, 4) is 0 Å². The molecule has 12 heteroatoms. The van der Waals surface area contributed by atoms with Gasteiger partial charge >= 0.3 is 0 Å². The third-order valence-corrected chi connectivity index (χ3v) is 5.31. The van der Waals surface area contributed by atoms with Gasteiger partial charge < -0.3 is 31.2 Å². The molecule has 0 unspecified atom stereocenters. The minimum Gasteiger partial charge on any atom is -0.395 e. The van der Waals surface area contributed by atoms with Crippen molar-refractivity contribution in [3.63, 3.8) is 0 Å². The second-order valence-corrected chi connectivity index (χ2v) is 8.19. The number of nitrogens with zero attached hydrogens (tertiary/aromatic N) is 4. The number of nitrogens with one attached hydrogen (secondary N) is 1. The van der Waals surface area contributed by atoms with Crippen molar-refractivity contribution in [1.82, 2.24) is 24.4 Å². The van der Waals surface area contributed by atoms with Crippen LogP contribution in [0.5, 0.6) is 0 Å². The molecule has 2 aromatic rings. The molecule has 11 nitrogen and oxygen atoms in total. The molecule has 0 aliphatic heterocycles. The number of fused-ring (bicyclic) bond motifs is 1. The summed E-state index contributed by atoms with van der Waals surface area (Å²) in [6.45, 7) is 5.00. The molecular formula is C18H30BrN7O4. The van der Waals surface area contributed by atoms with E-state index in [4.69, 9.17) is 21.3 Å². The highest BCUT2D eigenvalue weighted by atomic mass is 79.9. The molecule has 1 amide bonds. The summed E-state index contributed by atoms with van der Waals surface area (Å²) < 4.78 is 8.70. The van der Waals surface area contributed by atoms with E-state index in [1.165, 1.54) is 4.57 Å². The lowest BCUT2D eigenvalue weighted by atomic mass is 10.0. The summed E-state index contributed by atoms with van der Waals surface area (Å²) in [5.41, 5.74) is 11.1. The van der Waals surface area contributed by atoms with Crippen LogP contribution in [0.1, 0.15) is 39.5 Å². The van der Waals surface area contributed by atoms with Crippen LogP contribution in [-0.4, -0.2) is 55.6 Å². The first kappa shape index (κ1) is 24.3. The quantitative estimate of drug-likeness (QED) is 0.189. The lowest BCUT2D eigenvalue weighted by molar-refractivity contribution is -0.121. The Kier molecular flexibility index (Phi) is 8.77. The van der Waals surface area contributed by atoms with Gasteiger partial charge in [0.05, 0.1) is 18.9 Å². The van der Waals surface area contributed by atoms with Crippen molar-refractivity contribution >= 4 is 38.9 Å². The zero-order chi connectivity index (χ0) is 22.3. The van der Waals surface area contributed by atoms with E-state index in [1.807, 2.05) is 13.8 Å². The molecule has 0 aliphatic rings. The number of imidazole rings is 1. The molecule has 0 atom stereocenters. The highest BCUT2D eigenvalue weighted by molar-refractivity contribution is 9.10. The maximum Gasteiger partial charge on any atom is 0.283 e. The van der Waals surface area contributed by atoms with Crippen LogP contribution in [0.2, 0.25) is 0 Å². The topological polar surface area (TPSA) is 163 Å². The third kappa shape index (κ3) is 6.24. The Bertz CT molecular complexity index is 925. The summed E-state index contributed by atoms with van der Waals surface area (Å²) >= 11 is 3.26. The molecule has 0 spiro atoms. The van der Waals surface area contributed by atoms with Crippen LogP contribution in [0.3, 0.4) is 0 Å². The van der Waals surface area contributed by atoms with E-state index < -0.39 is 0 Å². The molecule has 168 valence electrons. The van der Waals surface area contributed by atoms with Crippen LogP contribution >= 0.6 is 15.9 Å². The maximum absolute atomic E-state index is 12.7. The number of halogens is 1. The summed E-state index contributed by atoms with van der Waals surface area (Å²) in [5.74, 6) is -0.0511. The number of hydrogen-bond donors (Lipinski definition) is 4. The monoisotopic (exact) mass is 487 g/mol. The average molecular weight is 488 g/mol. The first-order valence-electron chi connectivity index (χ1n) is 9.84. The number of aliphatic hydroxyl groups is 1. The zero-order valence-corrected chi connectivity index (χ0v) is 18.9. The van der Waals surface area contributed by atoms with Crippen molar-refractivity contribution < 1.29 is 14.6 Å². The Morgan fingerprint density at radius 2 is 2.00 bits per heavy atom. The average Bonchev–Trinajstić information content (AvgIpc) is 2.98. The highest BCUT2D eigenvalue weighted by Gasteiger charge is 2.18. The van der Waals surface area contributed by atoms with Crippen molar-refractivity contribution in [2.24, 2.45) is 5.73 Å². The number of aromatic nitrogens is 4. The van der Waals surface area contributed by atoms with Crippen molar-refractivity contribution in [2.45, 2.75) is 58.2 Å². The standard InChI is InChI=1S/C18H30BrN7O4/c1-18(2,30-11-20)6-4-7-22-12(28)5-3-8-26-15(29)13-14(24-17(26)21)25(9-10-27)16(19)23-13/h27H,3-11,20H2,1-2H3,(H2,21,24)(H,22,28). The molecule has 0 radical (unpaired) electrons. The minimum absolute atomic E-state index is 0.0432. The summed E-state index contributed by atoms with van der Waals surface area (Å²) in [6, 6.07) is 0. The van der Waals surface area contributed by atoms with Crippen molar-refractivity contribution in [3.05, 3.63) is 15.1 Å². The molecule has 0 saturated carbocycles. The van der Waals surface area contributed by atoms with E-state index in [-0.39, 0.29) is 61.4 Å². The van der Waals surface area contributed by atoms with Gasteiger partial charge in [-0.05, 0) is 49.0 Å². The van der Waals surface area contributed by atoms with Crippen LogP contribution < -0.4 is 22.3 Å². The molecule has 0 aliphatic carbocycles. The molecule has 0 aromatic carbocycles. The van der Waals surface area contributed by atoms with E-state index in [1.54, 1.807) is 4.57 Å². The molecular weight excluding hydrogens is 458 g/mol. The Balaban J connectivity index is 1.89. The van der Waals surface area contributed by atoms with Gasteiger partial charge in [0.2, 0.25) is 11.9 Å². The normalized spacial score (nSPS) is 11.9. The van der Waals surface area contributed by atoms with Gasteiger partial charge in [-0.15, -0.1) is 0 Å². The second-order valence-electron chi connectivity index (χ2n) is 7.48. The Hall–Kier alpha value is -2.02. The first-order valence-corrected chi connectivity index (χ1v) is 10.6. The van der Waals surface area contributed by atoms with E-state index in [9.17, 15) is 9.59 Å². The third-order valence-electron chi connectivity index (χ3n) is 4.70. The fraction of sp³-hybridized carbons (Fsp3) is 0.667. The Labute approximate surface area is 182 Å². The SMILES string of the molecule is CC(C)(CCCNC(=O)CCCn1c(N)nc2c(nc(Br)n2CCO)c1=O)OCN. The largest absolute Gasteiger partial charge is 0.395 e. The van der Waals surface area contributed by atoms with Crippen molar-refractivity contribution in [2.75, 3.05) is 25.6 Å². The minimum atomic E-state index is -0.377. The van der Waals surface area contributed by atoms with Gasteiger partial charge in [-0.25, -0.2) is 4.98 Å². The van der Waals surface area contributed by atoms with Gasteiger partial charge in [0, 0.05) is 26.1 Å². The Morgan fingerprint density at radius 3 is 2.67 bits per heavy atom. The van der Waals surface area contributed by atoms with Crippen molar-refractivity contribution in [1.29, 1.82) is 0 Å². The number of nitrogen functional groups attached to an aromatic ring is 1. The number of hydrogen-bond acceptors (Lipinski definition) is 8. The van der Waals surface area contributed by atoms with Gasteiger partial charge in [0.1, 0.15) is 0 Å². The molecule has 0 saturated heterocycles. The summed E-state index contributed by atoms with van der Waals surface area (Å²) in [5, 5.41) is 12.0. The highest BCUT2D eigenvalue weighted by Crippen LogP contribution is 2.17. The molecule has 2 heterocycles. The molecule has 2 rings (SSSR count). The fourth-order valence-electron chi connectivity index (χ4n) is 3.12. The lowest BCUT2D eigenvalue weighted by Crippen LogP contribution is -2.30. The number of nitrogens with two attached hydrogens (primary N) is 2. The number of aliphatic hydroxyl groups excluding tert-OH is 1. The molecule has 6 N–H and O–H groups in total. The first-order chi connectivity index (χ1) is 14.2. The van der Waals surface area contributed by atoms with Crippen LogP contribution in [0.4, 0.5) is 5.95 Å². The van der Waals surface area contributed by atoms with Crippen LogP contribution in [0.15, 0.2) is 9.53 Å². The summed E-state index contributed by atoms with van der Waals surface area (Å²) in [6.07, 6.45) is 2.25. The van der Waals surface area contributed by atoms with Gasteiger partial charge in [-0.3, -0.25) is 14.2 Å². The number of carbonyl (C=O) groups excluding carboxylic acids is 1. The van der Waals surface area contributed by atoms with E-state index >= 15 is 0 Å². The van der Waals surface area contributed by atoms with Gasteiger partial charge in [-0.2, -0.15) is 4.98 Å². The zero-order valence-electron chi connectivity index (χ0n) is 17.4. The number of anilines is 1. The lowest BCUT2D eigenvalue weighted by Gasteiger charge is -2.24. The van der Waals surface area contributed by atoms with Gasteiger partial charge in [-0.1, -0.05) is 0 Å². The number of carbonyl (C=O) groups is 1. The van der Waals surface area contributed by atoms with Gasteiger partial charge in [0.25, 0.3) is 5.56 Å². The van der Waals surface area contributed by atoms with E-state index in [2.05, 4.69) is 31.2 Å². The van der Waals surface area contributed by atoms with Crippen LogP contribution in [0, 0.1) is 0 Å². The number of ether oxygens (including phenoxy) is 1. The Morgan fingerprint density at radius 1 is 1.27 bits per heavy atom. The number of amides is 1. The molecule has 0 bridgehead atoms. The maximum atomic E-state index is 12.7. The smallest absolute Gasteiger partial charge is 0.283 e.